The molecule has 3 heterocycles. The Kier molecular flexibility index (Phi) is 2.58. The minimum absolute atomic E-state index is 0.196. The van der Waals surface area contributed by atoms with E-state index in [1.807, 2.05) is 0 Å². The van der Waals surface area contributed by atoms with E-state index >= 15 is 0 Å². The van der Waals surface area contributed by atoms with Crippen LogP contribution < -0.4 is 5.73 Å². The van der Waals surface area contributed by atoms with Crippen LogP contribution in [0.3, 0.4) is 0 Å². The Morgan fingerprint density at radius 1 is 1.36 bits per heavy atom. The first-order valence-corrected chi connectivity index (χ1v) is 6.67. The number of aromatic nitrogens is 4. The van der Waals surface area contributed by atoms with Crippen LogP contribution in [0, 0.1) is 0 Å². The van der Waals surface area contributed by atoms with Gasteiger partial charge in [0.25, 0.3) is 0 Å². The fraction of sp³-hybridized carbons (Fsp3) is 0.583. The molecule has 5 N–H and O–H groups in total. The van der Waals surface area contributed by atoms with E-state index in [4.69, 9.17) is 15.2 Å². The molecule has 1 aliphatic heterocycles. The minimum Gasteiger partial charge on any atom is -0.394 e. The van der Waals surface area contributed by atoms with Gasteiger partial charge in [-0.15, -0.1) is 0 Å². The molecule has 2 aromatic rings. The Morgan fingerprint density at radius 3 is 2.82 bits per heavy atom. The van der Waals surface area contributed by atoms with Gasteiger partial charge in [-0.1, -0.05) is 0 Å². The van der Waals surface area contributed by atoms with Gasteiger partial charge in [-0.3, -0.25) is 4.57 Å². The number of hydrogen-bond donors (Lipinski definition) is 4. The minimum atomic E-state index is -1.71. The first-order valence-electron chi connectivity index (χ1n) is 6.67. The quantitative estimate of drug-likeness (QED) is 0.495. The van der Waals surface area contributed by atoms with Crippen molar-refractivity contribution in [2.24, 2.45) is 0 Å². The van der Waals surface area contributed by atoms with Crippen molar-refractivity contribution < 1.29 is 24.8 Å². The number of hydrogen-bond acceptors (Lipinski definition) is 9. The predicted molar refractivity (Wildman–Crippen MR) is 71.4 cm³/mol. The van der Waals surface area contributed by atoms with Gasteiger partial charge in [-0.05, 0) is 0 Å². The number of nitrogens with two attached hydrogens (primary N) is 1. The summed E-state index contributed by atoms with van der Waals surface area (Å²) in [6.45, 7) is -0.459. The Labute approximate surface area is 124 Å². The molecule has 0 bridgehead atoms. The number of imidazole rings is 1. The standard InChI is InChI=1S/C12H15N5O5/c1-21-9-11(19)5(2-18)22-10(12(9,11)20)17-4-16-6-7(13)14-3-15-8(6)17/h3-5,9-10,18-20H,2H2,1H3,(H2,13,14,15)/t5-,9?,10-,11+,12+/m1/s1. The van der Waals surface area contributed by atoms with Crippen molar-refractivity contribution in [3.8, 4) is 0 Å². The maximum absolute atomic E-state index is 10.8. The third-order valence-corrected chi connectivity index (χ3v) is 4.56. The van der Waals surface area contributed by atoms with Gasteiger partial charge in [0, 0.05) is 7.11 Å². The van der Waals surface area contributed by atoms with Crippen molar-refractivity contribution in [2.75, 3.05) is 19.5 Å². The second kappa shape index (κ2) is 4.12. The first-order chi connectivity index (χ1) is 10.5. The highest BCUT2D eigenvalue weighted by Gasteiger charge is 2.89. The van der Waals surface area contributed by atoms with E-state index in [9.17, 15) is 15.3 Å². The maximum Gasteiger partial charge on any atom is 0.173 e. The largest absolute Gasteiger partial charge is 0.394 e. The van der Waals surface area contributed by atoms with Crippen molar-refractivity contribution in [1.82, 2.24) is 19.5 Å². The average Bonchev–Trinajstić information content (AvgIpc) is 2.81. The number of methoxy groups -OCH3 is 1. The molecular weight excluding hydrogens is 294 g/mol. The highest BCUT2D eigenvalue weighted by molar-refractivity contribution is 5.81. The van der Waals surface area contributed by atoms with Crippen LogP contribution in [0.15, 0.2) is 12.7 Å². The number of nitrogens with zero attached hydrogens (tertiary/aromatic N) is 4. The molecule has 0 radical (unpaired) electrons. The van der Waals surface area contributed by atoms with E-state index in [2.05, 4.69) is 15.0 Å². The summed E-state index contributed by atoms with van der Waals surface area (Å²) >= 11 is 0. The van der Waals surface area contributed by atoms with Gasteiger partial charge in [0.1, 0.15) is 24.1 Å². The molecule has 1 saturated heterocycles. The summed E-state index contributed by atoms with van der Waals surface area (Å²) in [7, 11) is 1.37. The van der Waals surface area contributed by atoms with Crippen LogP contribution in [0.25, 0.3) is 11.2 Å². The zero-order chi connectivity index (χ0) is 15.7. The summed E-state index contributed by atoms with van der Waals surface area (Å²) in [5.74, 6) is 0.196. The van der Waals surface area contributed by atoms with Crippen molar-refractivity contribution >= 4 is 17.0 Å². The third-order valence-electron chi connectivity index (χ3n) is 4.56. The molecule has 22 heavy (non-hydrogen) atoms. The molecule has 1 unspecified atom stereocenters. The van der Waals surface area contributed by atoms with Crippen LogP contribution in [0.1, 0.15) is 6.23 Å². The van der Waals surface area contributed by atoms with E-state index < -0.39 is 36.2 Å². The lowest BCUT2D eigenvalue weighted by atomic mass is 10.1. The number of rotatable bonds is 3. The fourth-order valence-corrected chi connectivity index (χ4v) is 3.43. The normalized spacial score (nSPS) is 40.1. The van der Waals surface area contributed by atoms with E-state index in [0.29, 0.717) is 11.2 Å². The first kappa shape index (κ1) is 13.8. The van der Waals surface area contributed by atoms with Crippen LogP contribution in [0.4, 0.5) is 5.82 Å². The molecule has 118 valence electrons. The predicted octanol–water partition coefficient (Wildman–Crippen LogP) is -2.21. The number of aliphatic hydroxyl groups is 3. The Bertz CT molecular complexity index is 745. The van der Waals surface area contributed by atoms with E-state index in [-0.39, 0.29) is 5.82 Å². The molecule has 5 atom stereocenters. The zero-order valence-corrected chi connectivity index (χ0v) is 11.6. The van der Waals surface area contributed by atoms with Gasteiger partial charge in [0.05, 0.1) is 12.9 Å². The van der Waals surface area contributed by atoms with Gasteiger partial charge in [-0.2, -0.15) is 0 Å². The van der Waals surface area contributed by atoms with Gasteiger partial charge in [0.15, 0.2) is 28.9 Å². The lowest BCUT2D eigenvalue weighted by Gasteiger charge is -2.23. The van der Waals surface area contributed by atoms with Crippen molar-refractivity contribution in [3.63, 3.8) is 0 Å². The maximum atomic E-state index is 10.8. The zero-order valence-electron chi connectivity index (χ0n) is 11.6. The molecule has 2 aromatic heterocycles. The second-order valence-electron chi connectivity index (χ2n) is 5.51. The van der Waals surface area contributed by atoms with E-state index in [1.165, 1.54) is 24.3 Å². The number of aliphatic hydroxyl groups excluding tert-OH is 1. The molecule has 2 fully saturated rings. The van der Waals surface area contributed by atoms with Gasteiger partial charge in [-0.25, -0.2) is 15.0 Å². The average molecular weight is 309 g/mol. The highest BCUT2D eigenvalue weighted by atomic mass is 16.6. The Morgan fingerprint density at radius 2 is 2.14 bits per heavy atom. The molecular formula is C12H15N5O5. The smallest absolute Gasteiger partial charge is 0.173 e. The molecule has 4 rings (SSSR count). The van der Waals surface area contributed by atoms with Crippen LogP contribution in [-0.4, -0.2) is 72.0 Å². The summed E-state index contributed by atoms with van der Waals surface area (Å²) in [6.07, 6.45) is -0.218. The monoisotopic (exact) mass is 309 g/mol. The number of anilines is 1. The van der Waals surface area contributed by atoms with Gasteiger partial charge < -0.3 is 30.5 Å². The lowest BCUT2D eigenvalue weighted by Crippen LogP contribution is -2.35. The van der Waals surface area contributed by atoms with E-state index in [0.717, 1.165) is 0 Å². The summed E-state index contributed by atoms with van der Waals surface area (Å²) in [5, 5.41) is 30.8. The van der Waals surface area contributed by atoms with Crippen molar-refractivity contribution in [3.05, 3.63) is 12.7 Å². The molecule has 1 aliphatic carbocycles. The fourth-order valence-electron chi connectivity index (χ4n) is 3.43. The van der Waals surface area contributed by atoms with Crippen LogP contribution in [0.5, 0.6) is 0 Å². The second-order valence-corrected chi connectivity index (χ2v) is 5.51. The van der Waals surface area contributed by atoms with Crippen LogP contribution in [-0.2, 0) is 9.47 Å². The Balaban J connectivity index is 1.84. The highest BCUT2D eigenvalue weighted by Crippen LogP contribution is 2.64. The number of nitrogen functional groups attached to an aromatic ring is 1. The van der Waals surface area contributed by atoms with Crippen molar-refractivity contribution in [2.45, 2.75) is 29.6 Å². The topological polar surface area (TPSA) is 149 Å². The number of ether oxygens (including phenoxy) is 2. The molecule has 0 aromatic carbocycles. The SMILES string of the molecule is COC1[C@@]2(O)[C@@H](CO)O[C@@H](n3cnc4c(N)ncnc43)[C@@]12O. The molecule has 10 nitrogen and oxygen atoms in total. The molecule has 0 amide bonds. The van der Waals surface area contributed by atoms with Crippen molar-refractivity contribution in [1.29, 1.82) is 0 Å². The summed E-state index contributed by atoms with van der Waals surface area (Å²) in [4.78, 5) is 12.0. The summed E-state index contributed by atoms with van der Waals surface area (Å²) in [6, 6.07) is 0. The van der Waals surface area contributed by atoms with Crippen LogP contribution >= 0.6 is 0 Å². The third kappa shape index (κ3) is 1.30. The van der Waals surface area contributed by atoms with Gasteiger partial charge in [0.2, 0.25) is 0 Å². The molecule has 1 saturated carbocycles. The number of fused-ring (bicyclic) bond motifs is 2. The lowest BCUT2D eigenvalue weighted by molar-refractivity contribution is -0.129. The summed E-state index contributed by atoms with van der Waals surface area (Å²) in [5.41, 5.74) is 3.06. The molecule has 10 heteroatoms. The molecule has 0 spiro atoms. The molecule has 2 aliphatic rings. The van der Waals surface area contributed by atoms with E-state index in [1.54, 1.807) is 0 Å². The summed E-state index contributed by atoms with van der Waals surface area (Å²) < 4.78 is 12.2. The van der Waals surface area contributed by atoms with Crippen LogP contribution in [0.2, 0.25) is 0 Å². The Hall–Kier alpha value is -1.85. The van der Waals surface area contributed by atoms with Gasteiger partial charge >= 0.3 is 0 Å².